The Bertz CT molecular complexity index is 410. The predicted molar refractivity (Wildman–Crippen MR) is 66.9 cm³/mol. The summed E-state index contributed by atoms with van der Waals surface area (Å²) in [7, 11) is 1.65. The maximum Gasteiger partial charge on any atom is 0.231 e. The molecule has 1 aromatic carbocycles. The first-order chi connectivity index (χ1) is 8.69. The van der Waals surface area contributed by atoms with Gasteiger partial charge in [0.15, 0.2) is 11.5 Å². The van der Waals surface area contributed by atoms with Crippen molar-refractivity contribution < 1.29 is 19.3 Å². The lowest BCUT2D eigenvalue weighted by atomic mass is 9.92. The van der Waals surface area contributed by atoms with Gasteiger partial charge in [-0.3, -0.25) is 0 Å². The molecule has 18 heavy (non-hydrogen) atoms. The van der Waals surface area contributed by atoms with Crippen LogP contribution in [0.15, 0.2) is 18.2 Å². The van der Waals surface area contributed by atoms with E-state index < -0.39 is 5.54 Å². The quantitative estimate of drug-likeness (QED) is 0.736. The molecule has 0 aliphatic carbocycles. The second kappa shape index (κ2) is 5.56. The van der Waals surface area contributed by atoms with Crippen LogP contribution in [-0.4, -0.2) is 38.8 Å². The van der Waals surface area contributed by atoms with Crippen molar-refractivity contribution in [2.75, 3.05) is 33.7 Å². The van der Waals surface area contributed by atoms with Crippen LogP contribution in [-0.2, 0) is 10.3 Å². The summed E-state index contributed by atoms with van der Waals surface area (Å²) in [4.78, 5) is 0. The Kier molecular flexibility index (Phi) is 4.06. The Balaban J connectivity index is 2.16. The fourth-order valence-electron chi connectivity index (χ4n) is 1.92. The van der Waals surface area contributed by atoms with Crippen LogP contribution in [0.2, 0.25) is 0 Å². The molecule has 1 aliphatic rings. The normalized spacial score (nSPS) is 16.6. The molecule has 0 amide bonds. The predicted octanol–water partition coefficient (Wildman–Crippen LogP) is 0.859. The summed E-state index contributed by atoms with van der Waals surface area (Å²) in [6.45, 7) is 3.46. The van der Waals surface area contributed by atoms with Crippen molar-refractivity contribution in [3.8, 4) is 11.5 Å². The largest absolute Gasteiger partial charge is 0.454 e. The number of nitrogens with one attached hydrogen (secondary N) is 1. The molecule has 1 aromatic rings. The highest BCUT2D eigenvalue weighted by molar-refractivity contribution is 5.46. The molecule has 5 heteroatoms. The van der Waals surface area contributed by atoms with Gasteiger partial charge in [-0.25, -0.2) is 0 Å². The Labute approximate surface area is 107 Å². The zero-order valence-electron chi connectivity index (χ0n) is 10.7. The summed E-state index contributed by atoms with van der Waals surface area (Å²) in [5.74, 6) is 1.47. The van der Waals surface area contributed by atoms with E-state index in [1.54, 1.807) is 7.11 Å². The van der Waals surface area contributed by atoms with Crippen LogP contribution >= 0.6 is 0 Å². The molecule has 0 fully saturated rings. The number of hydrogen-bond acceptors (Lipinski definition) is 5. The summed E-state index contributed by atoms with van der Waals surface area (Å²) < 4.78 is 15.6. The summed E-state index contributed by atoms with van der Waals surface area (Å²) in [6.07, 6.45) is 0. The van der Waals surface area contributed by atoms with Crippen molar-refractivity contribution in [1.82, 2.24) is 5.32 Å². The number of aliphatic hydroxyl groups excluding tert-OH is 1. The Morgan fingerprint density at radius 1 is 1.39 bits per heavy atom. The third-order valence-electron chi connectivity index (χ3n) is 3.15. The minimum Gasteiger partial charge on any atom is -0.454 e. The molecule has 1 heterocycles. The van der Waals surface area contributed by atoms with Crippen molar-refractivity contribution in [3.05, 3.63) is 23.8 Å². The summed E-state index contributed by atoms with van der Waals surface area (Å²) >= 11 is 0. The van der Waals surface area contributed by atoms with Crippen LogP contribution in [0.5, 0.6) is 11.5 Å². The highest BCUT2D eigenvalue weighted by Crippen LogP contribution is 2.35. The molecule has 0 saturated carbocycles. The average molecular weight is 253 g/mol. The van der Waals surface area contributed by atoms with Gasteiger partial charge in [-0.1, -0.05) is 6.07 Å². The highest BCUT2D eigenvalue weighted by Gasteiger charge is 2.27. The topological polar surface area (TPSA) is 60.0 Å². The van der Waals surface area contributed by atoms with Gasteiger partial charge in [-0.2, -0.15) is 0 Å². The van der Waals surface area contributed by atoms with Gasteiger partial charge < -0.3 is 24.6 Å². The van der Waals surface area contributed by atoms with Crippen LogP contribution in [0.1, 0.15) is 12.5 Å². The molecule has 5 nitrogen and oxygen atoms in total. The van der Waals surface area contributed by atoms with Crippen LogP contribution in [0.3, 0.4) is 0 Å². The molecular formula is C13H19NO4. The maximum absolute atomic E-state index is 9.61. The number of ether oxygens (including phenoxy) is 3. The molecule has 0 spiro atoms. The van der Waals surface area contributed by atoms with Crippen molar-refractivity contribution >= 4 is 0 Å². The minimum absolute atomic E-state index is 0.00361. The van der Waals surface area contributed by atoms with Crippen molar-refractivity contribution in [2.24, 2.45) is 0 Å². The van der Waals surface area contributed by atoms with Crippen LogP contribution in [0, 0.1) is 0 Å². The molecule has 100 valence electrons. The fraction of sp³-hybridized carbons (Fsp3) is 0.538. The minimum atomic E-state index is -0.514. The highest BCUT2D eigenvalue weighted by atomic mass is 16.7. The zero-order valence-corrected chi connectivity index (χ0v) is 10.7. The molecule has 2 rings (SSSR count). The molecule has 2 N–H and O–H groups in total. The van der Waals surface area contributed by atoms with Crippen molar-refractivity contribution in [1.29, 1.82) is 0 Å². The molecular weight excluding hydrogens is 234 g/mol. The van der Waals surface area contributed by atoms with Crippen LogP contribution in [0.25, 0.3) is 0 Å². The van der Waals surface area contributed by atoms with E-state index in [1.807, 2.05) is 25.1 Å². The molecule has 0 saturated heterocycles. The Morgan fingerprint density at radius 3 is 2.89 bits per heavy atom. The monoisotopic (exact) mass is 253 g/mol. The summed E-state index contributed by atoms with van der Waals surface area (Å²) in [5.41, 5.74) is 0.449. The molecule has 1 atom stereocenters. The van der Waals surface area contributed by atoms with Gasteiger partial charge >= 0.3 is 0 Å². The van der Waals surface area contributed by atoms with E-state index in [-0.39, 0.29) is 13.4 Å². The van der Waals surface area contributed by atoms with E-state index >= 15 is 0 Å². The Morgan fingerprint density at radius 2 is 2.17 bits per heavy atom. The maximum atomic E-state index is 9.61. The van der Waals surface area contributed by atoms with E-state index in [0.717, 1.165) is 17.1 Å². The van der Waals surface area contributed by atoms with Gasteiger partial charge in [-0.15, -0.1) is 0 Å². The number of rotatable bonds is 6. The standard InChI is InChI=1S/C13H19NO4/c1-13(8-15,14-5-6-16-2)10-3-4-11-12(7-10)18-9-17-11/h3-4,7,14-15H,5-6,8-9H2,1-2H3. The van der Waals surface area contributed by atoms with E-state index in [1.165, 1.54) is 0 Å². The molecule has 0 bridgehead atoms. The summed E-state index contributed by atoms with van der Waals surface area (Å²) in [5, 5.41) is 12.9. The molecule has 0 aromatic heterocycles. The third-order valence-corrected chi connectivity index (χ3v) is 3.15. The first-order valence-electron chi connectivity index (χ1n) is 5.94. The van der Waals surface area contributed by atoms with Crippen molar-refractivity contribution in [2.45, 2.75) is 12.5 Å². The van der Waals surface area contributed by atoms with Crippen LogP contribution < -0.4 is 14.8 Å². The van der Waals surface area contributed by atoms with Gasteiger partial charge in [0.2, 0.25) is 6.79 Å². The second-order valence-corrected chi connectivity index (χ2v) is 4.48. The lowest BCUT2D eigenvalue weighted by Gasteiger charge is -2.29. The lowest BCUT2D eigenvalue weighted by Crippen LogP contribution is -2.44. The van der Waals surface area contributed by atoms with Crippen molar-refractivity contribution in [3.63, 3.8) is 0 Å². The van der Waals surface area contributed by atoms with Gasteiger partial charge in [0.1, 0.15) is 0 Å². The molecule has 1 aliphatic heterocycles. The number of aliphatic hydroxyl groups is 1. The van der Waals surface area contributed by atoms with Gasteiger partial charge in [0.25, 0.3) is 0 Å². The number of methoxy groups -OCH3 is 1. The van der Waals surface area contributed by atoms with Gasteiger partial charge in [-0.05, 0) is 24.6 Å². The van der Waals surface area contributed by atoms with Gasteiger partial charge in [0.05, 0.1) is 18.8 Å². The van der Waals surface area contributed by atoms with E-state index in [9.17, 15) is 5.11 Å². The molecule has 1 unspecified atom stereocenters. The lowest BCUT2D eigenvalue weighted by molar-refractivity contribution is 0.147. The zero-order chi connectivity index (χ0) is 13.0. The van der Waals surface area contributed by atoms with E-state index in [0.29, 0.717) is 13.2 Å². The first kappa shape index (κ1) is 13.1. The number of benzene rings is 1. The van der Waals surface area contributed by atoms with Gasteiger partial charge in [0, 0.05) is 13.7 Å². The molecule has 0 radical (unpaired) electrons. The first-order valence-corrected chi connectivity index (χ1v) is 5.94. The third kappa shape index (κ3) is 2.58. The Hall–Kier alpha value is -1.30. The smallest absolute Gasteiger partial charge is 0.231 e. The van der Waals surface area contributed by atoms with Crippen LogP contribution in [0.4, 0.5) is 0 Å². The SMILES string of the molecule is COCCNC(C)(CO)c1ccc2c(c1)OCO2. The number of hydrogen-bond donors (Lipinski definition) is 2. The average Bonchev–Trinajstić information content (AvgIpc) is 2.86. The fourth-order valence-corrected chi connectivity index (χ4v) is 1.92. The second-order valence-electron chi connectivity index (χ2n) is 4.48. The number of fused-ring (bicyclic) bond motifs is 1. The van der Waals surface area contributed by atoms with E-state index in [4.69, 9.17) is 14.2 Å². The summed E-state index contributed by atoms with van der Waals surface area (Å²) in [6, 6.07) is 5.70. The van der Waals surface area contributed by atoms with E-state index in [2.05, 4.69) is 5.32 Å².